The van der Waals surface area contributed by atoms with Gasteiger partial charge in [0, 0.05) is 5.69 Å². The van der Waals surface area contributed by atoms with Crippen molar-refractivity contribution >= 4 is 24.0 Å². The molecule has 124 valence electrons. The number of anilines is 1. The molecule has 1 saturated heterocycles. The molecule has 1 amide bonds. The minimum atomic E-state index is 0. The van der Waals surface area contributed by atoms with Crippen LogP contribution in [-0.2, 0) is 4.79 Å². The van der Waals surface area contributed by atoms with Gasteiger partial charge >= 0.3 is 0 Å². The molecule has 0 unspecified atom stereocenters. The van der Waals surface area contributed by atoms with E-state index in [1.54, 1.807) is 0 Å². The molecule has 22 heavy (non-hydrogen) atoms. The number of amides is 1. The predicted octanol–water partition coefficient (Wildman–Crippen LogP) is 4.24. The molecule has 1 fully saturated rings. The number of hydrogen-bond acceptors (Lipinski definition) is 2. The first kappa shape index (κ1) is 19.0. The number of rotatable bonds is 4. The first-order chi connectivity index (χ1) is 10.0. The van der Waals surface area contributed by atoms with Crippen LogP contribution < -0.4 is 5.32 Å². The van der Waals surface area contributed by atoms with E-state index in [4.69, 9.17) is 0 Å². The molecule has 0 bridgehead atoms. The molecule has 1 aliphatic heterocycles. The van der Waals surface area contributed by atoms with E-state index in [0.29, 0.717) is 0 Å². The Morgan fingerprint density at radius 3 is 2.59 bits per heavy atom. The first-order valence-electron chi connectivity index (χ1n) is 8.16. The summed E-state index contributed by atoms with van der Waals surface area (Å²) in [5.74, 6) is 0.167. The van der Waals surface area contributed by atoms with E-state index < -0.39 is 0 Å². The van der Waals surface area contributed by atoms with Crippen LogP contribution in [0.2, 0.25) is 0 Å². The lowest BCUT2D eigenvalue weighted by Crippen LogP contribution is -2.47. The van der Waals surface area contributed by atoms with E-state index in [-0.39, 0.29) is 24.4 Å². The quantitative estimate of drug-likeness (QED) is 0.898. The Balaban J connectivity index is 0.00000242. The summed E-state index contributed by atoms with van der Waals surface area (Å²) in [6, 6.07) is 4.24. The molecule has 1 aromatic rings. The van der Waals surface area contributed by atoms with Gasteiger partial charge in [0.25, 0.3) is 0 Å². The van der Waals surface area contributed by atoms with Crippen LogP contribution in [0, 0.1) is 20.8 Å². The Morgan fingerprint density at radius 2 is 1.91 bits per heavy atom. The van der Waals surface area contributed by atoms with Gasteiger partial charge in [0.15, 0.2) is 0 Å². The van der Waals surface area contributed by atoms with E-state index in [2.05, 4.69) is 50.0 Å². The number of carbonyl (C=O) groups is 1. The highest BCUT2D eigenvalue weighted by Gasteiger charge is 2.28. The second-order valence-electron chi connectivity index (χ2n) is 6.24. The smallest absolute Gasteiger partial charge is 0.241 e. The van der Waals surface area contributed by atoms with Gasteiger partial charge in [-0.15, -0.1) is 12.4 Å². The number of carbonyl (C=O) groups excluding carboxylic acids is 1. The average Bonchev–Trinajstić information content (AvgIpc) is 2.48. The zero-order valence-electron chi connectivity index (χ0n) is 14.2. The summed E-state index contributed by atoms with van der Waals surface area (Å²) in [5.41, 5.74) is 4.55. The van der Waals surface area contributed by atoms with Gasteiger partial charge in [-0.05, 0) is 69.8 Å². The molecule has 0 aromatic heterocycles. The molecule has 3 nitrogen and oxygen atoms in total. The molecule has 1 N–H and O–H groups in total. The second-order valence-corrected chi connectivity index (χ2v) is 6.24. The molecule has 2 rings (SSSR count). The number of benzene rings is 1. The molecule has 1 aliphatic rings. The SMILES string of the molecule is CCCN1CCCC[C@H]1C(=O)Nc1c(C)ccc(C)c1C.Cl. The highest BCUT2D eigenvalue weighted by atomic mass is 35.5. The Labute approximate surface area is 140 Å². The van der Waals surface area contributed by atoms with Crippen molar-refractivity contribution in [3.63, 3.8) is 0 Å². The third-order valence-corrected chi connectivity index (χ3v) is 4.62. The molecule has 1 heterocycles. The van der Waals surface area contributed by atoms with Crippen LogP contribution in [0.3, 0.4) is 0 Å². The van der Waals surface area contributed by atoms with E-state index in [0.717, 1.165) is 43.6 Å². The third-order valence-electron chi connectivity index (χ3n) is 4.62. The maximum atomic E-state index is 12.7. The van der Waals surface area contributed by atoms with E-state index in [1.165, 1.54) is 17.5 Å². The third kappa shape index (κ3) is 4.23. The molecule has 0 radical (unpaired) electrons. The molecule has 0 spiro atoms. The standard InChI is InChI=1S/C18H28N2O.ClH/c1-5-11-20-12-7-6-8-16(20)18(21)19-17-14(3)10-9-13(2)15(17)4;/h9-10,16H,5-8,11-12H2,1-4H3,(H,19,21);1H/t16-;/m0./s1. The normalized spacial score (nSPS) is 18.6. The van der Waals surface area contributed by atoms with Crippen molar-refractivity contribution in [2.75, 3.05) is 18.4 Å². The van der Waals surface area contributed by atoms with Crippen molar-refractivity contribution in [1.82, 2.24) is 4.90 Å². The van der Waals surface area contributed by atoms with Gasteiger partial charge in [0.2, 0.25) is 5.91 Å². The summed E-state index contributed by atoms with van der Waals surface area (Å²) in [5, 5.41) is 3.20. The summed E-state index contributed by atoms with van der Waals surface area (Å²) in [4.78, 5) is 15.1. The Hall–Kier alpha value is -1.06. The summed E-state index contributed by atoms with van der Waals surface area (Å²) >= 11 is 0. The highest BCUT2D eigenvalue weighted by Crippen LogP contribution is 2.25. The van der Waals surface area contributed by atoms with Crippen LogP contribution >= 0.6 is 12.4 Å². The van der Waals surface area contributed by atoms with Gasteiger partial charge in [-0.3, -0.25) is 9.69 Å². The van der Waals surface area contributed by atoms with Crippen molar-refractivity contribution in [2.24, 2.45) is 0 Å². The van der Waals surface area contributed by atoms with Crippen molar-refractivity contribution in [3.05, 3.63) is 28.8 Å². The largest absolute Gasteiger partial charge is 0.324 e. The summed E-state index contributed by atoms with van der Waals surface area (Å²) < 4.78 is 0. The zero-order chi connectivity index (χ0) is 15.4. The maximum absolute atomic E-state index is 12.7. The summed E-state index contributed by atoms with van der Waals surface area (Å²) in [7, 11) is 0. The van der Waals surface area contributed by atoms with Gasteiger partial charge in [-0.25, -0.2) is 0 Å². The molecule has 4 heteroatoms. The number of nitrogens with zero attached hydrogens (tertiary/aromatic N) is 1. The molecular weight excluding hydrogens is 296 g/mol. The maximum Gasteiger partial charge on any atom is 0.241 e. The van der Waals surface area contributed by atoms with Crippen molar-refractivity contribution in [2.45, 2.75) is 59.4 Å². The van der Waals surface area contributed by atoms with Crippen LogP contribution in [0.1, 0.15) is 49.3 Å². The van der Waals surface area contributed by atoms with Crippen LogP contribution in [0.4, 0.5) is 5.69 Å². The van der Waals surface area contributed by atoms with Crippen LogP contribution in [0.5, 0.6) is 0 Å². The topological polar surface area (TPSA) is 32.3 Å². The van der Waals surface area contributed by atoms with Gasteiger partial charge < -0.3 is 5.32 Å². The van der Waals surface area contributed by atoms with Gasteiger partial charge in [-0.2, -0.15) is 0 Å². The number of aryl methyl sites for hydroxylation is 2. The second kappa shape index (κ2) is 8.54. The van der Waals surface area contributed by atoms with Crippen molar-refractivity contribution < 1.29 is 4.79 Å². The lowest BCUT2D eigenvalue weighted by atomic mass is 9.99. The lowest BCUT2D eigenvalue weighted by Gasteiger charge is -2.34. The Morgan fingerprint density at radius 1 is 1.23 bits per heavy atom. The fourth-order valence-electron chi connectivity index (χ4n) is 3.19. The average molecular weight is 325 g/mol. The molecule has 0 saturated carbocycles. The molecule has 0 aliphatic carbocycles. The minimum absolute atomic E-state index is 0. The van der Waals surface area contributed by atoms with E-state index in [9.17, 15) is 4.79 Å². The first-order valence-corrected chi connectivity index (χ1v) is 8.16. The highest BCUT2D eigenvalue weighted by molar-refractivity contribution is 5.96. The zero-order valence-corrected chi connectivity index (χ0v) is 15.1. The molecule has 1 atom stereocenters. The summed E-state index contributed by atoms with van der Waals surface area (Å²) in [6.45, 7) is 10.5. The summed E-state index contributed by atoms with van der Waals surface area (Å²) in [6.07, 6.45) is 4.46. The van der Waals surface area contributed by atoms with E-state index in [1.807, 2.05) is 0 Å². The van der Waals surface area contributed by atoms with Gasteiger partial charge in [0.05, 0.1) is 6.04 Å². The lowest BCUT2D eigenvalue weighted by molar-refractivity contribution is -0.122. The fraction of sp³-hybridized carbons (Fsp3) is 0.611. The Bertz CT molecular complexity index is 514. The van der Waals surface area contributed by atoms with Crippen molar-refractivity contribution in [1.29, 1.82) is 0 Å². The minimum Gasteiger partial charge on any atom is -0.324 e. The fourth-order valence-corrected chi connectivity index (χ4v) is 3.19. The Kier molecular flexibility index (Phi) is 7.37. The monoisotopic (exact) mass is 324 g/mol. The van der Waals surface area contributed by atoms with Gasteiger partial charge in [0.1, 0.15) is 0 Å². The van der Waals surface area contributed by atoms with E-state index >= 15 is 0 Å². The number of nitrogens with one attached hydrogen (secondary N) is 1. The van der Waals surface area contributed by atoms with Crippen molar-refractivity contribution in [3.8, 4) is 0 Å². The molecular formula is C18H29ClN2O. The van der Waals surface area contributed by atoms with Gasteiger partial charge in [-0.1, -0.05) is 25.5 Å². The predicted molar refractivity (Wildman–Crippen MR) is 96.0 cm³/mol. The van der Waals surface area contributed by atoms with Crippen LogP contribution in [-0.4, -0.2) is 29.9 Å². The van der Waals surface area contributed by atoms with Crippen LogP contribution in [0.15, 0.2) is 12.1 Å². The van der Waals surface area contributed by atoms with Crippen LogP contribution in [0.25, 0.3) is 0 Å². The number of piperidine rings is 1. The number of hydrogen-bond donors (Lipinski definition) is 1. The number of likely N-dealkylation sites (tertiary alicyclic amines) is 1. The number of halogens is 1. The molecule has 1 aromatic carbocycles.